The fourth-order valence-corrected chi connectivity index (χ4v) is 2.18. The average Bonchev–Trinajstić information content (AvgIpc) is 3.20. The Bertz CT molecular complexity index is 561. The maximum atomic E-state index is 5.40. The molecule has 0 saturated heterocycles. The zero-order valence-electron chi connectivity index (χ0n) is 10.1. The number of ether oxygens (including phenoxy) is 1. The van der Waals surface area contributed by atoms with Crippen LogP contribution < -0.4 is 14.3 Å². The lowest BCUT2D eigenvalue weighted by molar-refractivity contribution is -0.889. The van der Waals surface area contributed by atoms with Gasteiger partial charge >= 0.3 is 0 Å². The van der Waals surface area contributed by atoms with Gasteiger partial charge in [0.05, 0.1) is 12.5 Å². The van der Waals surface area contributed by atoms with Crippen LogP contribution in [-0.2, 0) is 0 Å². The van der Waals surface area contributed by atoms with E-state index in [-0.39, 0.29) is 0 Å². The van der Waals surface area contributed by atoms with Gasteiger partial charge in [-0.1, -0.05) is 0 Å². The highest BCUT2D eigenvalue weighted by atomic mass is 16.6. The van der Waals surface area contributed by atoms with Gasteiger partial charge in [-0.15, -0.1) is 0 Å². The fourth-order valence-electron chi connectivity index (χ4n) is 2.18. The summed E-state index contributed by atoms with van der Waals surface area (Å²) in [7, 11) is 3.41. The number of methoxy groups -OCH3 is 1. The van der Waals surface area contributed by atoms with Gasteiger partial charge in [-0.05, 0) is 36.4 Å². The van der Waals surface area contributed by atoms with E-state index in [0.29, 0.717) is 5.92 Å². The maximum Gasteiger partial charge on any atom is 0.238 e. The fraction of sp³-hybridized carbons (Fsp3) is 0.357. The molecular weight excluding hydrogens is 214 g/mol. The molecule has 0 atom stereocenters. The first-order valence-electron chi connectivity index (χ1n) is 5.89. The molecule has 0 radical (unpaired) electrons. The quantitative estimate of drug-likeness (QED) is 0.753. The molecule has 17 heavy (non-hydrogen) atoms. The largest absolute Gasteiger partial charge is 0.497 e. The second-order valence-electron chi connectivity index (χ2n) is 4.48. The standard InChI is InChI=1S/C14H16NO2/c1-16-13-6-5-11-9-15(17-2)14(10-3-4-10)8-12(11)7-13/h5-10H,3-4H2,1-2H3/q+1. The van der Waals surface area contributed by atoms with Crippen molar-refractivity contribution in [1.29, 1.82) is 0 Å². The summed E-state index contributed by atoms with van der Waals surface area (Å²) >= 11 is 0. The highest BCUT2D eigenvalue weighted by Gasteiger charge is 2.33. The summed E-state index contributed by atoms with van der Waals surface area (Å²) in [5.74, 6) is 1.56. The van der Waals surface area contributed by atoms with Gasteiger partial charge in [0.1, 0.15) is 12.9 Å². The van der Waals surface area contributed by atoms with Crippen molar-refractivity contribution in [1.82, 2.24) is 0 Å². The lowest BCUT2D eigenvalue weighted by atomic mass is 10.1. The molecule has 3 heteroatoms. The van der Waals surface area contributed by atoms with Crippen LogP contribution >= 0.6 is 0 Å². The van der Waals surface area contributed by atoms with E-state index in [1.807, 2.05) is 17.0 Å². The Kier molecular flexibility index (Phi) is 2.39. The second-order valence-corrected chi connectivity index (χ2v) is 4.48. The Balaban J connectivity index is 2.18. The van der Waals surface area contributed by atoms with Crippen LogP contribution in [0.2, 0.25) is 0 Å². The predicted octanol–water partition coefficient (Wildman–Crippen LogP) is 2.07. The summed E-state index contributed by atoms with van der Waals surface area (Å²) in [6.45, 7) is 0. The van der Waals surface area contributed by atoms with E-state index >= 15 is 0 Å². The van der Waals surface area contributed by atoms with Crippen molar-refractivity contribution >= 4 is 10.8 Å². The Morgan fingerprint density at radius 3 is 2.59 bits per heavy atom. The van der Waals surface area contributed by atoms with Gasteiger partial charge in [0.2, 0.25) is 11.9 Å². The van der Waals surface area contributed by atoms with Gasteiger partial charge in [0.25, 0.3) is 0 Å². The van der Waals surface area contributed by atoms with Crippen LogP contribution in [0.25, 0.3) is 10.8 Å². The maximum absolute atomic E-state index is 5.40. The molecule has 1 aromatic carbocycles. The van der Waals surface area contributed by atoms with Crippen molar-refractivity contribution in [2.45, 2.75) is 18.8 Å². The number of hydrogen-bond donors (Lipinski definition) is 0. The first-order chi connectivity index (χ1) is 8.31. The molecule has 0 spiro atoms. The van der Waals surface area contributed by atoms with Crippen LogP contribution in [0.4, 0.5) is 0 Å². The molecule has 1 aromatic heterocycles. The van der Waals surface area contributed by atoms with Crippen molar-refractivity contribution in [2.24, 2.45) is 0 Å². The van der Waals surface area contributed by atoms with Crippen molar-refractivity contribution < 1.29 is 14.3 Å². The molecule has 0 aliphatic heterocycles. The third-order valence-electron chi connectivity index (χ3n) is 3.30. The summed E-state index contributed by atoms with van der Waals surface area (Å²) < 4.78 is 7.14. The topological polar surface area (TPSA) is 22.3 Å². The molecule has 0 N–H and O–H groups in total. The third-order valence-corrected chi connectivity index (χ3v) is 3.30. The number of aromatic nitrogens is 1. The molecule has 1 heterocycles. The van der Waals surface area contributed by atoms with Crippen LogP contribution in [0.15, 0.2) is 30.5 Å². The highest BCUT2D eigenvalue weighted by Crippen LogP contribution is 2.39. The molecule has 3 nitrogen and oxygen atoms in total. The Labute approximate surface area is 101 Å². The molecule has 2 aromatic rings. The van der Waals surface area contributed by atoms with E-state index in [1.54, 1.807) is 14.2 Å². The van der Waals surface area contributed by atoms with Crippen molar-refractivity contribution in [3.8, 4) is 5.75 Å². The zero-order chi connectivity index (χ0) is 11.8. The molecule has 1 saturated carbocycles. The number of nitrogens with zero attached hydrogens (tertiary/aromatic N) is 1. The van der Waals surface area contributed by atoms with Crippen LogP contribution in [0.5, 0.6) is 5.75 Å². The SMILES string of the molecule is COc1ccc2c[n+](OC)c(C3CC3)cc2c1. The van der Waals surface area contributed by atoms with Crippen LogP contribution in [0.3, 0.4) is 0 Å². The van der Waals surface area contributed by atoms with Gasteiger partial charge in [-0.2, -0.15) is 0 Å². The number of benzene rings is 1. The molecule has 1 fully saturated rings. The molecule has 0 unspecified atom stereocenters. The van der Waals surface area contributed by atoms with Gasteiger partial charge in [-0.25, -0.2) is 0 Å². The molecule has 0 amide bonds. The molecule has 88 valence electrons. The van der Waals surface area contributed by atoms with Crippen LogP contribution in [-0.4, -0.2) is 14.2 Å². The van der Waals surface area contributed by atoms with Gasteiger partial charge in [0, 0.05) is 16.7 Å². The minimum atomic E-state index is 0.658. The smallest absolute Gasteiger partial charge is 0.238 e. The van der Waals surface area contributed by atoms with E-state index in [9.17, 15) is 0 Å². The molecule has 0 bridgehead atoms. The molecule has 1 aliphatic rings. The van der Waals surface area contributed by atoms with Crippen molar-refractivity contribution in [3.05, 3.63) is 36.2 Å². The number of hydrogen-bond acceptors (Lipinski definition) is 2. The average molecular weight is 230 g/mol. The normalized spacial score (nSPS) is 14.9. The monoisotopic (exact) mass is 230 g/mol. The van der Waals surface area contributed by atoms with E-state index in [1.165, 1.54) is 23.9 Å². The summed E-state index contributed by atoms with van der Waals surface area (Å²) in [5, 5.41) is 2.37. The number of fused-ring (bicyclic) bond motifs is 1. The van der Waals surface area contributed by atoms with E-state index in [0.717, 1.165) is 11.1 Å². The van der Waals surface area contributed by atoms with Gasteiger partial charge < -0.3 is 4.74 Å². The predicted molar refractivity (Wildman–Crippen MR) is 65.2 cm³/mol. The van der Waals surface area contributed by atoms with Crippen molar-refractivity contribution in [2.75, 3.05) is 14.2 Å². The molecule has 3 rings (SSSR count). The molecular formula is C14H16NO2+. The number of rotatable bonds is 3. The van der Waals surface area contributed by atoms with Gasteiger partial charge in [-0.3, -0.25) is 4.84 Å². The summed E-state index contributed by atoms with van der Waals surface area (Å²) in [6, 6.07) is 8.31. The third kappa shape index (κ3) is 1.82. The molecule has 1 aliphatic carbocycles. The van der Waals surface area contributed by atoms with Gasteiger partial charge in [0.15, 0.2) is 0 Å². The first-order valence-corrected chi connectivity index (χ1v) is 5.89. The summed E-state index contributed by atoms with van der Waals surface area (Å²) in [4.78, 5) is 5.40. The Morgan fingerprint density at radius 2 is 1.94 bits per heavy atom. The Hall–Kier alpha value is -1.77. The highest BCUT2D eigenvalue weighted by molar-refractivity contribution is 5.82. The Morgan fingerprint density at radius 1 is 1.12 bits per heavy atom. The second kappa shape index (κ2) is 3.91. The minimum absolute atomic E-state index is 0.658. The summed E-state index contributed by atoms with van der Waals surface area (Å²) in [5.41, 5.74) is 1.26. The van der Waals surface area contributed by atoms with E-state index in [4.69, 9.17) is 9.57 Å². The lowest BCUT2D eigenvalue weighted by Gasteiger charge is -2.04. The lowest BCUT2D eigenvalue weighted by Crippen LogP contribution is -2.44. The number of pyridine rings is 1. The van der Waals surface area contributed by atoms with Crippen LogP contribution in [0, 0.1) is 0 Å². The summed E-state index contributed by atoms with van der Waals surface area (Å²) in [6.07, 6.45) is 4.57. The van der Waals surface area contributed by atoms with E-state index < -0.39 is 0 Å². The zero-order valence-corrected chi connectivity index (χ0v) is 10.1. The van der Waals surface area contributed by atoms with E-state index in [2.05, 4.69) is 18.2 Å². The van der Waals surface area contributed by atoms with Crippen molar-refractivity contribution in [3.63, 3.8) is 0 Å². The van der Waals surface area contributed by atoms with Crippen LogP contribution in [0.1, 0.15) is 24.5 Å². The first kappa shape index (κ1) is 10.4. The minimum Gasteiger partial charge on any atom is -0.497 e.